The highest BCUT2D eigenvalue weighted by atomic mass is 32.1. The molecule has 1 aliphatic carbocycles. The summed E-state index contributed by atoms with van der Waals surface area (Å²) in [7, 11) is 1.52. The zero-order chi connectivity index (χ0) is 18.1. The number of methoxy groups -OCH3 is 1. The number of ether oxygens (including phenoxy) is 2. The number of thiocarbonyl (C=S) groups is 1. The fourth-order valence-electron chi connectivity index (χ4n) is 2.73. The second-order valence-corrected chi connectivity index (χ2v) is 6.25. The third-order valence-corrected chi connectivity index (χ3v) is 4.15. The molecule has 0 radical (unpaired) electrons. The zero-order valence-electron chi connectivity index (χ0n) is 14.2. The van der Waals surface area contributed by atoms with Gasteiger partial charge in [0.2, 0.25) is 5.91 Å². The molecule has 136 valence electrons. The van der Waals surface area contributed by atoms with E-state index >= 15 is 0 Å². The van der Waals surface area contributed by atoms with Gasteiger partial charge >= 0.3 is 0 Å². The predicted molar refractivity (Wildman–Crippen MR) is 97.1 cm³/mol. The summed E-state index contributed by atoms with van der Waals surface area (Å²) in [5, 5.41) is 2.62. The van der Waals surface area contributed by atoms with E-state index in [1.165, 1.54) is 20.0 Å². The Hall–Kier alpha value is -2.35. The number of amides is 2. The van der Waals surface area contributed by atoms with Gasteiger partial charge in [0.05, 0.1) is 7.11 Å². The van der Waals surface area contributed by atoms with Crippen LogP contribution in [0.25, 0.3) is 0 Å². The lowest BCUT2D eigenvalue weighted by Gasteiger charge is -2.13. The van der Waals surface area contributed by atoms with Gasteiger partial charge in [0.25, 0.3) is 5.91 Å². The summed E-state index contributed by atoms with van der Waals surface area (Å²) in [6.07, 6.45) is 5.01. The van der Waals surface area contributed by atoms with Gasteiger partial charge in [0.1, 0.15) is 0 Å². The van der Waals surface area contributed by atoms with Crippen LogP contribution in [0.15, 0.2) is 24.3 Å². The van der Waals surface area contributed by atoms with E-state index in [9.17, 15) is 9.59 Å². The van der Waals surface area contributed by atoms with Gasteiger partial charge in [0, 0.05) is 6.42 Å². The minimum atomic E-state index is -0.432. The number of rotatable bonds is 6. The maximum atomic E-state index is 11.8. The molecule has 0 aromatic heterocycles. The fraction of sp³-hybridized carbons (Fsp3) is 0.471. The summed E-state index contributed by atoms with van der Waals surface area (Å²) in [5.41, 5.74) is 4.87. The predicted octanol–water partition coefficient (Wildman–Crippen LogP) is 1.68. The Bertz CT molecular complexity index is 618. The minimum Gasteiger partial charge on any atom is -0.493 e. The Kier molecular flexibility index (Phi) is 7.46. The molecule has 8 heteroatoms. The van der Waals surface area contributed by atoms with E-state index in [1.807, 2.05) is 0 Å². The normalized spacial score (nSPS) is 13.8. The first kappa shape index (κ1) is 19.0. The first-order chi connectivity index (χ1) is 12.1. The standard InChI is InChI=1S/C17H23N3O4S/c1-23-13-8-4-5-9-14(13)24-11-16(22)19-20-17(25)18-15(21)10-12-6-2-3-7-12/h4-5,8-9,12H,2-3,6-7,10-11H2,1H3,(H,19,22)(H2,18,20,21,25). The van der Waals surface area contributed by atoms with Crippen molar-refractivity contribution >= 4 is 29.1 Å². The first-order valence-corrected chi connectivity index (χ1v) is 8.63. The molecule has 1 aromatic rings. The summed E-state index contributed by atoms with van der Waals surface area (Å²) in [6.45, 7) is -0.216. The van der Waals surface area contributed by atoms with Gasteiger partial charge in [-0.2, -0.15) is 0 Å². The average Bonchev–Trinajstić information content (AvgIpc) is 3.11. The molecule has 0 heterocycles. The molecule has 25 heavy (non-hydrogen) atoms. The van der Waals surface area contributed by atoms with Gasteiger partial charge in [-0.1, -0.05) is 25.0 Å². The Morgan fingerprint density at radius 2 is 1.80 bits per heavy atom. The van der Waals surface area contributed by atoms with Crippen molar-refractivity contribution in [2.45, 2.75) is 32.1 Å². The number of para-hydroxylation sites is 2. The summed E-state index contributed by atoms with van der Waals surface area (Å²) < 4.78 is 10.5. The van der Waals surface area contributed by atoms with Crippen molar-refractivity contribution in [2.24, 2.45) is 5.92 Å². The molecule has 1 aromatic carbocycles. The second-order valence-electron chi connectivity index (χ2n) is 5.84. The van der Waals surface area contributed by atoms with E-state index in [0.717, 1.165) is 12.8 Å². The third-order valence-electron chi connectivity index (χ3n) is 3.95. The average molecular weight is 365 g/mol. The van der Waals surface area contributed by atoms with Gasteiger partial charge in [-0.05, 0) is 43.1 Å². The molecule has 1 aliphatic rings. The van der Waals surface area contributed by atoms with Crippen LogP contribution < -0.4 is 25.6 Å². The van der Waals surface area contributed by atoms with Crippen LogP contribution in [0, 0.1) is 5.92 Å². The van der Waals surface area contributed by atoms with Gasteiger partial charge in [-0.15, -0.1) is 0 Å². The van der Waals surface area contributed by atoms with E-state index in [1.54, 1.807) is 24.3 Å². The van der Waals surface area contributed by atoms with Gasteiger partial charge in [-0.25, -0.2) is 0 Å². The number of carbonyl (C=O) groups is 2. The van der Waals surface area contributed by atoms with Crippen LogP contribution in [-0.2, 0) is 9.59 Å². The smallest absolute Gasteiger partial charge is 0.276 e. The first-order valence-electron chi connectivity index (χ1n) is 8.23. The molecular weight excluding hydrogens is 342 g/mol. The maximum Gasteiger partial charge on any atom is 0.276 e. The molecule has 2 rings (SSSR count). The highest BCUT2D eigenvalue weighted by Gasteiger charge is 2.18. The largest absolute Gasteiger partial charge is 0.493 e. The summed E-state index contributed by atoms with van der Waals surface area (Å²) in [4.78, 5) is 23.6. The van der Waals surface area contributed by atoms with Crippen LogP contribution in [0.2, 0.25) is 0 Å². The quantitative estimate of drug-likeness (QED) is 0.525. The van der Waals surface area contributed by atoms with Crippen LogP contribution in [-0.4, -0.2) is 30.6 Å². The molecule has 1 fully saturated rings. The molecule has 0 spiro atoms. The molecule has 0 atom stereocenters. The van der Waals surface area contributed by atoms with Crippen molar-refractivity contribution in [3.63, 3.8) is 0 Å². The number of benzene rings is 1. The topological polar surface area (TPSA) is 88.7 Å². The van der Waals surface area contributed by atoms with Gasteiger partial charge in [0.15, 0.2) is 23.2 Å². The molecular formula is C17H23N3O4S. The fourth-order valence-corrected chi connectivity index (χ4v) is 2.89. The third kappa shape index (κ3) is 6.58. The van der Waals surface area contributed by atoms with Crippen molar-refractivity contribution < 1.29 is 19.1 Å². The van der Waals surface area contributed by atoms with E-state index in [-0.39, 0.29) is 17.6 Å². The summed E-state index contributed by atoms with van der Waals surface area (Å²) in [5.74, 6) is 0.874. The number of hydrazine groups is 1. The molecule has 0 bridgehead atoms. The number of hydrogen-bond acceptors (Lipinski definition) is 5. The lowest BCUT2D eigenvalue weighted by atomic mass is 10.0. The van der Waals surface area contributed by atoms with Crippen LogP contribution in [0.5, 0.6) is 11.5 Å². The maximum absolute atomic E-state index is 11.8. The van der Waals surface area contributed by atoms with Gasteiger partial charge in [-0.3, -0.25) is 20.4 Å². The lowest BCUT2D eigenvalue weighted by molar-refractivity contribution is -0.124. The molecule has 0 saturated heterocycles. The van der Waals surface area contributed by atoms with E-state index in [4.69, 9.17) is 21.7 Å². The molecule has 1 saturated carbocycles. The summed E-state index contributed by atoms with van der Waals surface area (Å²) >= 11 is 4.99. The van der Waals surface area contributed by atoms with E-state index < -0.39 is 5.91 Å². The molecule has 2 amide bonds. The Morgan fingerprint density at radius 1 is 1.12 bits per heavy atom. The number of hydrogen-bond donors (Lipinski definition) is 3. The van der Waals surface area contributed by atoms with E-state index in [2.05, 4.69) is 16.2 Å². The van der Waals surface area contributed by atoms with Crippen molar-refractivity contribution in [3.8, 4) is 11.5 Å². The monoisotopic (exact) mass is 365 g/mol. The molecule has 7 nitrogen and oxygen atoms in total. The number of nitrogens with one attached hydrogen (secondary N) is 3. The van der Waals surface area contributed by atoms with Crippen LogP contribution in [0.4, 0.5) is 0 Å². The van der Waals surface area contributed by atoms with Crippen LogP contribution in [0.3, 0.4) is 0 Å². The Balaban J connectivity index is 1.65. The molecule has 0 unspecified atom stereocenters. The van der Waals surface area contributed by atoms with Crippen molar-refractivity contribution in [2.75, 3.05) is 13.7 Å². The van der Waals surface area contributed by atoms with Gasteiger partial charge < -0.3 is 14.8 Å². The lowest BCUT2D eigenvalue weighted by Crippen LogP contribution is -2.49. The SMILES string of the molecule is COc1ccccc1OCC(=O)NNC(=S)NC(=O)CC1CCCC1. The highest BCUT2D eigenvalue weighted by molar-refractivity contribution is 7.80. The van der Waals surface area contributed by atoms with Crippen molar-refractivity contribution in [1.29, 1.82) is 0 Å². The Morgan fingerprint density at radius 3 is 2.48 bits per heavy atom. The molecule has 0 aliphatic heterocycles. The minimum absolute atomic E-state index is 0.0636. The second kappa shape index (κ2) is 9.83. The zero-order valence-corrected chi connectivity index (χ0v) is 15.0. The van der Waals surface area contributed by atoms with Crippen LogP contribution in [0.1, 0.15) is 32.1 Å². The Labute approximate surface area is 152 Å². The van der Waals surface area contributed by atoms with Crippen molar-refractivity contribution in [1.82, 2.24) is 16.2 Å². The molecule has 3 N–H and O–H groups in total. The van der Waals surface area contributed by atoms with Crippen LogP contribution >= 0.6 is 12.2 Å². The van der Waals surface area contributed by atoms with Crippen molar-refractivity contribution in [3.05, 3.63) is 24.3 Å². The summed E-state index contributed by atoms with van der Waals surface area (Å²) in [6, 6.07) is 7.02. The highest BCUT2D eigenvalue weighted by Crippen LogP contribution is 2.27. The van der Waals surface area contributed by atoms with E-state index in [0.29, 0.717) is 23.8 Å². The number of carbonyl (C=O) groups excluding carboxylic acids is 2.